The van der Waals surface area contributed by atoms with Gasteiger partial charge in [-0.1, -0.05) is 0 Å². The highest BCUT2D eigenvalue weighted by Gasteiger charge is 2.39. The molecule has 0 radical (unpaired) electrons. The van der Waals surface area contributed by atoms with Crippen LogP contribution in [-0.2, 0) is 6.61 Å². The van der Waals surface area contributed by atoms with Gasteiger partial charge >= 0.3 is 0 Å². The van der Waals surface area contributed by atoms with Crippen LogP contribution in [0.4, 0.5) is 14.5 Å². The first-order chi connectivity index (χ1) is 8.19. The Kier molecular flexibility index (Phi) is 2.54. The zero-order chi connectivity index (χ0) is 12.0. The average Bonchev–Trinajstić information content (AvgIpc) is 2.90. The normalized spacial score (nSPS) is 26.9. The summed E-state index contributed by atoms with van der Waals surface area (Å²) in [6, 6.07) is 2.75. The zero-order valence-corrected chi connectivity index (χ0v) is 9.50. The van der Waals surface area contributed by atoms with E-state index in [9.17, 15) is 8.78 Å². The van der Waals surface area contributed by atoms with Crippen LogP contribution in [0.5, 0.6) is 0 Å². The molecule has 2 nitrogen and oxygen atoms in total. The number of benzene rings is 1. The summed E-state index contributed by atoms with van der Waals surface area (Å²) >= 11 is 0. The summed E-state index contributed by atoms with van der Waals surface area (Å²) in [6.45, 7) is 0.428. The molecule has 3 rings (SSSR count). The first-order valence-corrected chi connectivity index (χ1v) is 6.04. The molecule has 2 unspecified atom stereocenters. The number of hydrogen-bond donors (Lipinski definition) is 1. The van der Waals surface area contributed by atoms with Gasteiger partial charge in [0.05, 0.1) is 6.61 Å². The third-order valence-electron chi connectivity index (χ3n) is 3.96. The smallest absolute Gasteiger partial charge is 0.149 e. The van der Waals surface area contributed by atoms with Crippen molar-refractivity contribution < 1.29 is 13.9 Å². The summed E-state index contributed by atoms with van der Waals surface area (Å²) in [4.78, 5) is 1.86. The summed E-state index contributed by atoms with van der Waals surface area (Å²) in [5, 5.41) is 8.90. The molecular formula is C13H15F2NO. The third kappa shape index (κ3) is 1.71. The molecular weight excluding hydrogens is 224 g/mol. The van der Waals surface area contributed by atoms with Crippen LogP contribution in [0.2, 0.25) is 0 Å². The second-order valence-electron chi connectivity index (χ2n) is 5.05. The average molecular weight is 239 g/mol. The van der Waals surface area contributed by atoms with Gasteiger partial charge < -0.3 is 10.0 Å². The lowest BCUT2D eigenvalue weighted by molar-refractivity contribution is 0.280. The lowest BCUT2D eigenvalue weighted by atomic mass is 10.1. The van der Waals surface area contributed by atoms with Gasteiger partial charge in [-0.2, -0.15) is 0 Å². The van der Waals surface area contributed by atoms with E-state index in [4.69, 9.17) is 5.11 Å². The van der Waals surface area contributed by atoms with E-state index in [1.807, 2.05) is 4.90 Å². The Labute approximate surface area is 98.9 Å². The minimum absolute atomic E-state index is 0.0920. The zero-order valence-electron chi connectivity index (χ0n) is 9.50. The van der Waals surface area contributed by atoms with Crippen molar-refractivity contribution in [2.75, 3.05) is 11.4 Å². The summed E-state index contributed by atoms with van der Waals surface area (Å²) in [5.41, 5.74) is 0.377. The van der Waals surface area contributed by atoms with Crippen LogP contribution in [0.15, 0.2) is 12.1 Å². The molecule has 1 saturated heterocycles. The Balaban J connectivity index is 1.98. The molecule has 1 aromatic rings. The van der Waals surface area contributed by atoms with Crippen LogP contribution in [0.3, 0.4) is 0 Å². The van der Waals surface area contributed by atoms with Crippen molar-refractivity contribution in [3.63, 3.8) is 0 Å². The number of aliphatic hydroxyl groups excluding tert-OH is 1. The molecule has 2 fully saturated rings. The molecule has 2 bridgehead atoms. The van der Waals surface area contributed by atoms with Gasteiger partial charge in [-0.25, -0.2) is 8.78 Å². The number of piperidine rings is 1. The molecule has 1 aliphatic carbocycles. The van der Waals surface area contributed by atoms with Crippen molar-refractivity contribution in [1.29, 1.82) is 0 Å². The van der Waals surface area contributed by atoms with Crippen molar-refractivity contribution in [1.82, 2.24) is 0 Å². The molecule has 2 atom stereocenters. The number of rotatable bonds is 2. The molecule has 17 heavy (non-hydrogen) atoms. The molecule has 1 heterocycles. The molecule has 0 spiro atoms. The van der Waals surface area contributed by atoms with Crippen LogP contribution in [0.1, 0.15) is 24.8 Å². The van der Waals surface area contributed by atoms with Crippen molar-refractivity contribution in [3.05, 3.63) is 29.3 Å². The fourth-order valence-electron chi connectivity index (χ4n) is 3.18. The van der Waals surface area contributed by atoms with E-state index < -0.39 is 11.6 Å². The van der Waals surface area contributed by atoms with E-state index in [0.29, 0.717) is 12.0 Å². The van der Waals surface area contributed by atoms with Gasteiger partial charge in [-0.3, -0.25) is 0 Å². The van der Waals surface area contributed by atoms with E-state index in [1.165, 1.54) is 18.6 Å². The molecule has 1 aliphatic heterocycles. The molecule has 2 aliphatic rings. The Morgan fingerprint density at radius 1 is 1.24 bits per heavy atom. The van der Waals surface area contributed by atoms with Crippen molar-refractivity contribution in [2.24, 2.45) is 5.92 Å². The summed E-state index contributed by atoms with van der Waals surface area (Å²) in [6.07, 6.45) is 3.27. The number of fused-ring (bicyclic) bond motifs is 2. The van der Waals surface area contributed by atoms with Crippen molar-refractivity contribution >= 4 is 5.69 Å². The van der Waals surface area contributed by atoms with E-state index in [2.05, 4.69) is 0 Å². The van der Waals surface area contributed by atoms with Crippen LogP contribution in [-0.4, -0.2) is 17.7 Å². The van der Waals surface area contributed by atoms with Gasteiger partial charge in [-0.05, 0) is 42.9 Å². The summed E-state index contributed by atoms with van der Waals surface area (Å²) in [7, 11) is 0. The molecule has 1 aromatic carbocycles. The van der Waals surface area contributed by atoms with Gasteiger partial charge in [-0.15, -0.1) is 0 Å². The van der Waals surface area contributed by atoms with E-state index in [0.717, 1.165) is 19.4 Å². The first-order valence-electron chi connectivity index (χ1n) is 6.04. The molecule has 1 saturated carbocycles. The van der Waals surface area contributed by atoms with Crippen molar-refractivity contribution in [2.45, 2.75) is 31.9 Å². The number of hydrogen-bond acceptors (Lipinski definition) is 2. The molecule has 1 N–H and O–H groups in total. The maximum atomic E-state index is 13.9. The molecule has 4 heteroatoms. The lowest BCUT2D eigenvalue weighted by Crippen LogP contribution is -2.33. The number of nitrogens with zero attached hydrogens (tertiary/aromatic N) is 1. The summed E-state index contributed by atoms with van der Waals surface area (Å²) < 4.78 is 27.8. The van der Waals surface area contributed by atoms with Gasteiger partial charge in [0.1, 0.15) is 17.3 Å². The topological polar surface area (TPSA) is 23.5 Å². The quantitative estimate of drug-likeness (QED) is 0.857. The summed E-state index contributed by atoms with van der Waals surface area (Å²) in [5.74, 6) is -0.514. The lowest BCUT2D eigenvalue weighted by Gasteiger charge is -2.29. The Morgan fingerprint density at radius 2 is 1.94 bits per heavy atom. The standard InChI is InChI=1S/C13H15F2NO/c14-11-4-9(7-17)5-12(15)13(11)16-6-8-1-2-10(16)3-8/h4-5,8,10,17H,1-3,6-7H2. The van der Waals surface area contributed by atoms with Crippen LogP contribution in [0, 0.1) is 17.6 Å². The monoisotopic (exact) mass is 239 g/mol. The number of aliphatic hydroxyl groups is 1. The van der Waals surface area contributed by atoms with Crippen molar-refractivity contribution in [3.8, 4) is 0 Å². The highest BCUT2D eigenvalue weighted by atomic mass is 19.1. The predicted molar refractivity (Wildman–Crippen MR) is 60.8 cm³/mol. The van der Waals surface area contributed by atoms with Gasteiger partial charge in [0.25, 0.3) is 0 Å². The van der Waals surface area contributed by atoms with E-state index in [1.54, 1.807) is 0 Å². The van der Waals surface area contributed by atoms with Crippen LogP contribution < -0.4 is 4.90 Å². The number of halogens is 2. The largest absolute Gasteiger partial charge is 0.392 e. The second kappa shape index (κ2) is 3.95. The molecule has 0 amide bonds. The van der Waals surface area contributed by atoms with Gasteiger partial charge in [0.15, 0.2) is 0 Å². The highest BCUT2D eigenvalue weighted by molar-refractivity contribution is 5.53. The molecule has 92 valence electrons. The Morgan fingerprint density at radius 3 is 2.41 bits per heavy atom. The first kappa shape index (κ1) is 11.0. The van der Waals surface area contributed by atoms with Crippen LogP contribution in [0.25, 0.3) is 0 Å². The third-order valence-corrected chi connectivity index (χ3v) is 3.96. The van der Waals surface area contributed by atoms with E-state index in [-0.39, 0.29) is 17.9 Å². The Hall–Kier alpha value is -1.16. The predicted octanol–water partition coefficient (Wildman–Crippen LogP) is 2.45. The second-order valence-corrected chi connectivity index (χ2v) is 5.05. The Bertz CT molecular complexity index is 426. The van der Waals surface area contributed by atoms with Gasteiger partial charge in [0.2, 0.25) is 0 Å². The minimum Gasteiger partial charge on any atom is -0.392 e. The van der Waals surface area contributed by atoms with Crippen LogP contribution >= 0.6 is 0 Å². The maximum absolute atomic E-state index is 13.9. The van der Waals surface area contributed by atoms with Gasteiger partial charge in [0, 0.05) is 12.6 Å². The minimum atomic E-state index is -0.554. The van der Waals surface area contributed by atoms with E-state index >= 15 is 0 Å². The SMILES string of the molecule is OCc1cc(F)c(N2CC3CCC2C3)c(F)c1. The highest BCUT2D eigenvalue weighted by Crippen LogP contribution is 2.41. The fraction of sp³-hybridized carbons (Fsp3) is 0.538. The molecule has 0 aromatic heterocycles. The maximum Gasteiger partial charge on any atom is 0.149 e. The number of anilines is 1. The fourth-order valence-corrected chi connectivity index (χ4v) is 3.18.